The summed E-state index contributed by atoms with van der Waals surface area (Å²) in [6.45, 7) is 2.88. The summed E-state index contributed by atoms with van der Waals surface area (Å²) in [6, 6.07) is 5.66. The van der Waals surface area contributed by atoms with Gasteiger partial charge in [0.2, 0.25) is 0 Å². The molecule has 16 heavy (non-hydrogen) atoms. The van der Waals surface area contributed by atoms with Crippen LogP contribution in [-0.2, 0) is 6.54 Å². The van der Waals surface area contributed by atoms with Gasteiger partial charge in [-0.05, 0) is 37.5 Å². The predicted octanol–water partition coefficient (Wildman–Crippen LogP) is 3.32. The molecular weight excluding hydrogens is 222 g/mol. The van der Waals surface area contributed by atoms with Gasteiger partial charge in [0, 0.05) is 23.2 Å². The van der Waals surface area contributed by atoms with Gasteiger partial charge in [-0.15, -0.1) is 0 Å². The van der Waals surface area contributed by atoms with Crippen molar-refractivity contribution in [1.82, 2.24) is 5.32 Å². The van der Waals surface area contributed by atoms with Crippen LogP contribution in [0.5, 0.6) is 5.75 Å². The van der Waals surface area contributed by atoms with Gasteiger partial charge in [-0.25, -0.2) is 0 Å². The summed E-state index contributed by atoms with van der Waals surface area (Å²) >= 11 is 5.89. The van der Waals surface area contributed by atoms with Crippen molar-refractivity contribution in [3.05, 3.63) is 28.8 Å². The van der Waals surface area contributed by atoms with Crippen LogP contribution < -0.4 is 5.32 Å². The molecule has 1 aliphatic rings. The Kier molecular flexibility index (Phi) is 3.72. The van der Waals surface area contributed by atoms with Gasteiger partial charge in [-0.3, -0.25) is 0 Å². The quantitative estimate of drug-likeness (QED) is 0.826. The molecule has 1 aromatic rings. The Morgan fingerprint density at radius 1 is 1.50 bits per heavy atom. The van der Waals surface area contributed by atoms with E-state index in [1.807, 2.05) is 6.07 Å². The third-order valence-electron chi connectivity index (χ3n) is 3.07. The van der Waals surface area contributed by atoms with Crippen molar-refractivity contribution in [2.45, 2.75) is 38.8 Å². The summed E-state index contributed by atoms with van der Waals surface area (Å²) in [4.78, 5) is 0. The van der Waals surface area contributed by atoms with E-state index in [-0.39, 0.29) is 0 Å². The van der Waals surface area contributed by atoms with Gasteiger partial charge in [0.15, 0.2) is 0 Å². The van der Waals surface area contributed by atoms with Crippen LogP contribution in [0.15, 0.2) is 18.2 Å². The minimum absolute atomic E-state index is 0.315. The van der Waals surface area contributed by atoms with E-state index in [0.717, 1.165) is 11.5 Å². The molecule has 0 aliphatic heterocycles. The van der Waals surface area contributed by atoms with Gasteiger partial charge in [-0.2, -0.15) is 0 Å². The fourth-order valence-corrected chi connectivity index (χ4v) is 2.11. The maximum atomic E-state index is 9.64. The van der Waals surface area contributed by atoms with E-state index in [1.165, 1.54) is 19.3 Å². The highest BCUT2D eigenvalue weighted by Crippen LogP contribution is 2.33. The van der Waals surface area contributed by atoms with E-state index in [0.29, 0.717) is 23.4 Å². The number of rotatable bonds is 5. The Balaban J connectivity index is 1.85. The molecular formula is C13H18ClNO. The zero-order valence-electron chi connectivity index (χ0n) is 9.54. The molecule has 0 aromatic heterocycles. The highest BCUT2D eigenvalue weighted by Gasteiger charge is 2.23. The van der Waals surface area contributed by atoms with E-state index in [1.54, 1.807) is 12.1 Å². The second-order valence-corrected chi connectivity index (χ2v) is 5.17. The Labute approximate surface area is 102 Å². The second kappa shape index (κ2) is 5.07. The van der Waals surface area contributed by atoms with Crippen molar-refractivity contribution >= 4 is 11.6 Å². The smallest absolute Gasteiger partial charge is 0.120 e. The molecule has 0 heterocycles. The number of hydrogen-bond acceptors (Lipinski definition) is 2. The molecule has 1 saturated carbocycles. The summed E-state index contributed by atoms with van der Waals surface area (Å²) in [5.41, 5.74) is 0.871. The summed E-state index contributed by atoms with van der Waals surface area (Å²) in [7, 11) is 0. The van der Waals surface area contributed by atoms with E-state index in [4.69, 9.17) is 11.6 Å². The highest BCUT2D eigenvalue weighted by atomic mass is 35.5. The minimum atomic E-state index is 0.315. The van der Waals surface area contributed by atoms with Crippen molar-refractivity contribution in [1.29, 1.82) is 0 Å². The van der Waals surface area contributed by atoms with Gasteiger partial charge in [0.25, 0.3) is 0 Å². The third kappa shape index (κ3) is 3.39. The number of aromatic hydroxyl groups is 1. The molecule has 0 amide bonds. The highest BCUT2D eigenvalue weighted by molar-refractivity contribution is 6.30. The van der Waals surface area contributed by atoms with Crippen LogP contribution >= 0.6 is 11.6 Å². The molecule has 0 spiro atoms. The molecule has 1 aromatic carbocycles. The lowest BCUT2D eigenvalue weighted by molar-refractivity contribution is 0.450. The normalized spacial score (nSPS) is 17.4. The van der Waals surface area contributed by atoms with E-state index in [9.17, 15) is 5.11 Å². The van der Waals surface area contributed by atoms with Crippen LogP contribution in [0.2, 0.25) is 5.02 Å². The SMILES string of the molecule is CC(CC1CC1)NCc1cc(Cl)ccc1O. The van der Waals surface area contributed by atoms with Crippen molar-refractivity contribution in [3.63, 3.8) is 0 Å². The molecule has 1 fully saturated rings. The average molecular weight is 240 g/mol. The summed E-state index contributed by atoms with van der Waals surface area (Å²) in [5, 5.41) is 13.7. The van der Waals surface area contributed by atoms with Crippen molar-refractivity contribution in [2.24, 2.45) is 5.92 Å². The molecule has 0 saturated heterocycles. The summed E-state index contributed by atoms with van der Waals surface area (Å²) in [5.74, 6) is 1.24. The fraction of sp³-hybridized carbons (Fsp3) is 0.538. The zero-order valence-corrected chi connectivity index (χ0v) is 10.3. The lowest BCUT2D eigenvalue weighted by atomic mass is 10.1. The van der Waals surface area contributed by atoms with Gasteiger partial charge in [0.05, 0.1) is 0 Å². The van der Waals surface area contributed by atoms with Crippen LogP contribution in [0, 0.1) is 5.92 Å². The molecule has 3 heteroatoms. The molecule has 1 unspecified atom stereocenters. The lowest BCUT2D eigenvalue weighted by Gasteiger charge is -2.14. The zero-order chi connectivity index (χ0) is 11.5. The summed E-state index contributed by atoms with van der Waals surface area (Å²) in [6.07, 6.45) is 4.00. The van der Waals surface area contributed by atoms with E-state index in [2.05, 4.69) is 12.2 Å². The third-order valence-corrected chi connectivity index (χ3v) is 3.30. The average Bonchev–Trinajstić information content (AvgIpc) is 3.03. The molecule has 1 atom stereocenters. The molecule has 2 rings (SSSR count). The first kappa shape index (κ1) is 11.7. The fourth-order valence-electron chi connectivity index (χ4n) is 1.92. The van der Waals surface area contributed by atoms with Crippen molar-refractivity contribution in [2.75, 3.05) is 0 Å². The van der Waals surface area contributed by atoms with Gasteiger partial charge >= 0.3 is 0 Å². The molecule has 1 aliphatic carbocycles. The summed E-state index contributed by atoms with van der Waals surface area (Å²) < 4.78 is 0. The first-order valence-electron chi connectivity index (χ1n) is 5.86. The Bertz CT molecular complexity index is 363. The Hall–Kier alpha value is -0.730. The molecule has 0 radical (unpaired) electrons. The first-order valence-corrected chi connectivity index (χ1v) is 6.23. The van der Waals surface area contributed by atoms with Gasteiger partial charge in [-0.1, -0.05) is 24.4 Å². The molecule has 2 N–H and O–H groups in total. The monoisotopic (exact) mass is 239 g/mol. The molecule has 0 bridgehead atoms. The Morgan fingerprint density at radius 2 is 2.25 bits per heavy atom. The maximum absolute atomic E-state index is 9.64. The number of phenols is 1. The van der Waals surface area contributed by atoms with Crippen molar-refractivity contribution < 1.29 is 5.11 Å². The number of nitrogens with one attached hydrogen (secondary N) is 1. The molecule has 2 nitrogen and oxygen atoms in total. The first-order chi connectivity index (χ1) is 7.65. The molecule has 88 valence electrons. The van der Waals surface area contributed by atoms with E-state index < -0.39 is 0 Å². The second-order valence-electron chi connectivity index (χ2n) is 4.73. The Morgan fingerprint density at radius 3 is 2.94 bits per heavy atom. The van der Waals surface area contributed by atoms with Crippen LogP contribution in [0.4, 0.5) is 0 Å². The van der Waals surface area contributed by atoms with Crippen LogP contribution in [0.25, 0.3) is 0 Å². The van der Waals surface area contributed by atoms with Crippen LogP contribution in [0.3, 0.4) is 0 Å². The number of phenolic OH excluding ortho intramolecular Hbond substituents is 1. The predicted molar refractivity (Wildman–Crippen MR) is 66.8 cm³/mol. The minimum Gasteiger partial charge on any atom is -0.508 e. The van der Waals surface area contributed by atoms with Gasteiger partial charge in [0.1, 0.15) is 5.75 Å². The van der Waals surface area contributed by atoms with E-state index >= 15 is 0 Å². The number of hydrogen-bond donors (Lipinski definition) is 2. The van der Waals surface area contributed by atoms with Crippen LogP contribution in [-0.4, -0.2) is 11.1 Å². The largest absolute Gasteiger partial charge is 0.508 e. The maximum Gasteiger partial charge on any atom is 0.120 e. The number of halogens is 1. The van der Waals surface area contributed by atoms with Gasteiger partial charge < -0.3 is 10.4 Å². The lowest BCUT2D eigenvalue weighted by Crippen LogP contribution is -2.25. The standard InChI is InChI=1S/C13H18ClNO/c1-9(6-10-2-3-10)15-8-11-7-12(14)4-5-13(11)16/h4-5,7,9-10,15-16H,2-3,6,8H2,1H3. The van der Waals surface area contributed by atoms with Crippen molar-refractivity contribution in [3.8, 4) is 5.75 Å². The van der Waals surface area contributed by atoms with Crippen LogP contribution in [0.1, 0.15) is 31.7 Å². The topological polar surface area (TPSA) is 32.3 Å². The number of benzene rings is 1.